The fraction of sp³-hybridized carbons (Fsp3) is 0.286. The first-order valence-corrected chi connectivity index (χ1v) is 6.17. The molecule has 0 aliphatic carbocycles. The molecular weight excluding hydrogens is 242 g/mol. The lowest BCUT2D eigenvalue weighted by Crippen LogP contribution is -2.10. The first kappa shape index (κ1) is 13.1. The Kier molecular flexibility index (Phi) is 3.85. The van der Waals surface area contributed by atoms with Crippen LogP contribution in [-0.4, -0.2) is 22.6 Å². The van der Waals surface area contributed by atoms with Crippen molar-refractivity contribution in [3.05, 3.63) is 42.0 Å². The maximum absolute atomic E-state index is 11.8. The molecule has 2 N–H and O–H groups in total. The molecule has 2 rings (SSSR count). The Morgan fingerprint density at radius 3 is 2.95 bits per heavy atom. The van der Waals surface area contributed by atoms with Crippen molar-refractivity contribution in [3.8, 4) is 5.69 Å². The van der Waals surface area contributed by atoms with Crippen LogP contribution in [0.25, 0.3) is 5.69 Å². The molecule has 1 aromatic carbocycles. The van der Waals surface area contributed by atoms with E-state index in [-0.39, 0.29) is 0 Å². The van der Waals surface area contributed by atoms with Crippen molar-refractivity contribution in [2.24, 2.45) is 0 Å². The van der Waals surface area contributed by atoms with E-state index in [9.17, 15) is 4.79 Å². The van der Waals surface area contributed by atoms with E-state index in [2.05, 4.69) is 11.9 Å². The summed E-state index contributed by atoms with van der Waals surface area (Å²) in [4.78, 5) is 16.1. The minimum atomic E-state index is -0.404. The zero-order valence-electron chi connectivity index (χ0n) is 11.1. The number of aryl methyl sites for hydroxylation is 1. The number of rotatable bonds is 4. The molecule has 0 atom stereocenters. The molecule has 1 aromatic heterocycles. The van der Waals surface area contributed by atoms with Gasteiger partial charge in [-0.1, -0.05) is 6.92 Å². The van der Waals surface area contributed by atoms with Crippen molar-refractivity contribution in [1.29, 1.82) is 0 Å². The second kappa shape index (κ2) is 5.56. The number of nitrogens with zero attached hydrogens (tertiary/aromatic N) is 2. The molecule has 0 spiro atoms. The van der Waals surface area contributed by atoms with Gasteiger partial charge < -0.3 is 15.0 Å². The molecule has 5 nitrogen and oxygen atoms in total. The quantitative estimate of drug-likeness (QED) is 0.675. The monoisotopic (exact) mass is 259 g/mol. The normalized spacial score (nSPS) is 10.4. The van der Waals surface area contributed by atoms with Crippen LogP contribution in [0.1, 0.15) is 29.5 Å². The zero-order chi connectivity index (χ0) is 13.8. The van der Waals surface area contributed by atoms with Gasteiger partial charge in [0.25, 0.3) is 0 Å². The van der Waals surface area contributed by atoms with Gasteiger partial charge in [0.05, 0.1) is 18.4 Å². The van der Waals surface area contributed by atoms with Crippen LogP contribution in [0.3, 0.4) is 0 Å². The molecular formula is C14H17N3O2. The summed E-state index contributed by atoms with van der Waals surface area (Å²) in [6, 6.07) is 5.19. The number of carbonyl (C=O) groups excluding carboxylic acids is 1. The molecule has 1 heterocycles. The average Bonchev–Trinajstić information content (AvgIpc) is 2.86. The number of carbonyl (C=O) groups is 1. The van der Waals surface area contributed by atoms with E-state index < -0.39 is 5.97 Å². The lowest BCUT2D eigenvalue weighted by molar-refractivity contribution is 0.0601. The fourth-order valence-electron chi connectivity index (χ4n) is 2.00. The molecule has 0 amide bonds. The highest BCUT2D eigenvalue weighted by Crippen LogP contribution is 2.21. The van der Waals surface area contributed by atoms with Gasteiger partial charge in [-0.25, -0.2) is 9.78 Å². The highest BCUT2D eigenvalue weighted by molar-refractivity contribution is 5.94. The summed E-state index contributed by atoms with van der Waals surface area (Å²) < 4.78 is 6.70. The number of hydrogen-bond donors (Lipinski definition) is 1. The van der Waals surface area contributed by atoms with E-state index in [1.807, 2.05) is 16.8 Å². The van der Waals surface area contributed by atoms with Crippen LogP contribution >= 0.6 is 0 Å². The largest absolute Gasteiger partial charge is 0.465 e. The van der Waals surface area contributed by atoms with Crippen molar-refractivity contribution in [2.45, 2.75) is 19.8 Å². The number of benzene rings is 1. The van der Waals surface area contributed by atoms with Crippen LogP contribution < -0.4 is 5.73 Å². The van der Waals surface area contributed by atoms with Gasteiger partial charge in [-0.15, -0.1) is 0 Å². The fourth-order valence-corrected chi connectivity index (χ4v) is 2.00. The van der Waals surface area contributed by atoms with Gasteiger partial charge in [-0.2, -0.15) is 0 Å². The number of hydrogen-bond acceptors (Lipinski definition) is 4. The third kappa shape index (κ3) is 2.59. The molecule has 0 bridgehead atoms. The summed E-state index contributed by atoms with van der Waals surface area (Å²) >= 11 is 0. The first-order valence-electron chi connectivity index (χ1n) is 6.17. The Balaban J connectivity index is 2.55. The summed E-state index contributed by atoms with van der Waals surface area (Å²) in [6.45, 7) is 2.09. The standard InChI is InChI=1S/C14H17N3O2/c1-3-4-13-16-7-8-17(13)12-6-5-10(15)9-11(12)14(18)19-2/h5-9H,3-4,15H2,1-2H3. The predicted octanol–water partition coefficient (Wildman–Crippen LogP) is 2.19. The number of methoxy groups -OCH3 is 1. The lowest BCUT2D eigenvalue weighted by Gasteiger charge is -2.12. The molecule has 5 heteroatoms. The third-order valence-corrected chi connectivity index (χ3v) is 2.88. The van der Waals surface area contributed by atoms with Gasteiger partial charge in [0.15, 0.2) is 0 Å². The number of esters is 1. The Morgan fingerprint density at radius 2 is 2.26 bits per heavy atom. The molecule has 0 aliphatic heterocycles. The molecule has 0 radical (unpaired) electrons. The number of nitrogens with two attached hydrogens (primary N) is 1. The molecule has 0 saturated heterocycles. The molecule has 100 valence electrons. The second-order valence-electron chi connectivity index (χ2n) is 4.23. The van der Waals surface area contributed by atoms with Gasteiger partial charge >= 0.3 is 5.97 Å². The highest BCUT2D eigenvalue weighted by Gasteiger charge is 2.15. The van der Waals surface area contributed by atoms with Crippen LogP contribution in [0, 0.1) is 0 Å². The SMILES string of the molecule is CCCc1nccn1-c1ccc(N)cc1C(=O)OC. The minimum absolute atomic E-state index is 0.404. The number of nitrogen functional groups attached to an aromatic ring is 1. The molecule has 19 heavy (non-hydrogen) atoms. The molecule has 2 aromatic rings. The van der Waals surface area contributed by atoms with Crippen molar-refractivity contribution >= 4 is 11.7 Å². The summed E-state index contributed by atoms with van der Waals surface area (Å²) in [5.41, 5.74) is 7.45. The van der Waals surface area contributed by atoms with Crippen LogP contribution in [0.2, 0.25) is 0 Å². The molecule has 0 unspecified atom stereocenters. The van der Waals surface area contributed by atoms with Crippen molar-refractivity contribution in [2.75, 3.05) is 12.8 Å². The van der Waals surface area contributed by atoms with Crippen molar-refractivity contribution < 1.29 is 9.53 Å². The summed E-state index contributed by atoms with van der Waals surface area (Å²) in [7, 11) is 1.36. The Hall–Kier alpha value is -2.30. The van der Waals surface area contributed by atoms with E-state index in [1.54, 1.807) is 18.3 Å². The summed E-state index contributed by atoms with van der Waals surface area (Å²) in [5, 5.41) is 0. The zero-order valence-corrected chi connectivity index (χ0v) is 11.1. The number of ether oxygens (including phenoxy) is 1. The average molecular weight is 259 g/mol. The smallest absolute Gasteiger partial charge is 0.340 e. The van der Waals surface area contributed by atoms with Gasteiger partial charge in [0.2, 0.25) is 0 Å². The maximum atomic E-state index is 11.8. The predicted molar refractivity (Wildman–Crippen MR) is 73.3 cm³/mol. The number of aromatic nitrogens is 2. The second-order valence-corrected chi connectivity index (χ2v) is 4.23. The van der Waals surface area contributed by atoms with Crippen LogP contribution in [0.5, 0.6) is 0 Å². The summed E-state index contributed by atoms with van der Waals surface area (Å²) in [5.74, 6) is 0.510. The summed E-state index contributed by atoms with van der Waals surface area (Å²) in [6.07, 6.45) is 5.39. The van der Waals surface area contributed by atoms with E-state index in [0.29, 0.717) is 11.3 Å². The van der Waals surface area contributed by atoms with Crippen molar-refractivity contribution in [3.63, 3.8) is 0 Å². The molecule has 0 fully saturated rings. The van der Waals surface area contributed by atoms with E-state index >= 15 is 0 Å². The van der Waals surface area contributed by atoms with Gasteiger partial charge in [-0.05, 0) is 24.6 Å². The van der Waals surface area contributed by atoms with Crippen LogP contribution in [0.15, 0.2) is 30.6 Å². The van der Waals surface area contributed by atoms with Gasteiger partial charge in [0.1, 0.15) is 5.82 Å². The lowest BCUT2D eigenvalue weighted by atomic mass is 10.1. The Labute approximate surface area is 112 Å². The Bertz CT molecular complexity index is 590. The van der Waals surface area contributed by atoms with E-state index in [1.165, 1.54) is 7.11 Å². The van der Waals surface area contributed by atoms with Gasteiger partial charge in [0, 0.05) is 24.5 Å². The first-order chi connectivity index (χ1) is 9.17. The Morgan fingerprint density at radius 1 is 1.47 bits per heavy atom. The third-order valence-electron chi connectivity index (χ3n) is 2.88. The number of imidazole rings is 1. The van der Waals surface area contributed by atoms with Gasteiger partial charge in [-0.3, -0.25) is 0 Å². The number of anilines is 1. The maximum Gasteiger partial charge on any atom is 0.340 e. The molecule has 0 saturated carbocycles. The topological polar surface area (TPSA) is 70.1 Å². The van der Waals surface area contributed by atoms with Crippen LogP contribution in [0.4, 0.5) is 5.69 Å². The van der Waals surface area contributed by atoms with Crippen LogP contribution in [-0.2, 0) is 11.2 Å². The van der Waals surface area contributed by atoms with E-state index in [0.717, 1.165) is 24.4 Å². The minimum Gasteiger partial charge on any atom is -0.465 e. The van der Waals surface area contributed by atoms with E-state index in [4.69, 9.17) is 10.5 Å². The van der Waals surface area contributed by atoms with Crippen molar-refractivity contribution in [1.82, 2.24) is 9.55 Å². The molecule has 0 aliphatic rings. The highest BCUT2D eigenvalue weighted by atomic mass is 16.5.